The molecule has 84 valence electrons. The summed E-state index contributed by atoms with van der Waals surface area (Å²) in [6, 6.07) is 0. The van der Waals surface area contributed by atoms with Crippen LogP contribution in [0.5, 0.6) is 0 Å². The van der Waals surface area contributed by atoms with E-state index in [1.165, 1.54) is 25.7 Å². The van der Waals surface area contributed by atoms with Crippen molar-refractivity contribution < 1.29 is 0 Å². The normalized spacial score (nSPS) is 20.2. The zero-order chi connectivity index (χ0) is 10.9. The minimum Gasteiger partial charge on any atom is -0.228 e. The van der Waals surface area contributed by atoms with Crippen LogP contribution in [0.4, 0.5) is 0 Å². The molecule has 1 aromatic rings. The highest BCUT2D eigenvalue weighted by molar-refractivity contribution is 6.20. The summed E-state index contributed by atoms with van der Waals surface area (Å²) in [7, 11) is 0. The summed E-state index contributed by atoms with van der Waals surface area (Å²) in [5.41, 5.74) is 0.463. The average Bonchev–Trinajstić information content (AvgIpc) is 2.77. The quantitative estimate of drug-likeness (QED) is 0.728. The number of hydrogen-bond acceptors (Lipinski definition) is 3. The minimum absolute atomic E-state index is 0.113. The van der Waals surface area contributed by atoms with Crippen molar-refractivity contribution in [2.24, 2.45) is 5.41 Å². The molecule has 0 radical (unpaired) electrons. The van der Waals surface area contributed by atoms with Crippen molar-refractivity contribution in [1.29, 1.82) is 0 Å². The van der Waals surface area contributed by atoms with Crippen molar-refractivity contribution in [3.8, 4) is 0 Å². The molecule has 0 aliphatic heterocycles. The maximum Gasteiger partial charge on any atom is 0.168 e. The molecule has 15 heavy (non-hydrogen) atoms. The molecule has 0 saturated heterocycles. The molecule has 0 amide bonds. The Morgan fingerprint density at radius 1 is 1.53 bits per heavy atom. The Morgan fingerprint density at radius 2 is 2.27 bits per heavy atom. The molecule has 0 N–H and O–H groups in total. The number of nitrogens with zero attached hydrogens (tertiary/aromatic N) is 4. The van der Waals surface area contributed by atoms with Crippen molar-refractivity contribution in [2.45, 2.75) is 51.5 Å². The lowest BCUT2D eigenvalue weighted by Gasteiger charge is -2.14. The molecule has 0 aromatic carbocycles. The summed E-state index contributed by atoms with van der Waals surface area (Å²) in [6.45, 7) is 5.06. The van der Waals surface area contributed by atoms with E-state index < -0.39 is 0 Å². The van der Waals surface area contributed by atoms with Crippen LogP contribution in [0.3, 0.4) is 0 Å². The molecular formula is C10H17ClN4. The van der Waals surface area contributed by atoms with Crippen LogP contribution < -0.4 is 0 Å². The molecule has 1 aliphatic carbocycles. The van der Waals surface area contributed by atoms with E-state index in [2.05, 4.69) is 22.4 Å². The Hall–Kier alpha value is -0.640. The van der Waals surface area contributed by atoms with Gasteiger partial charge in [-0.05, 0) is 42.0 Å². The highest BCUT2D eigenvalue weighted by Gasteiger charge is 2.42. The van der Waals surface area contributed by atoms with Gasteiger partial charge in [0.25, 0.3) is 0 Å². The highest BCUT2D eigenvalue weighted by Crippen LogP contribution is 2.51. The van der Waals surface area contributed by atoms with Gasteiger partial charge in [-0.15, -0.1) is 16.7 Å². The van der Waals surface area contributed by atoms with Crippen molar-refractivity contribution >= 4 is 11.6 Å². The van der Waals surface area contributed by atoms with Gasteiger partial charge in [0.2, 0.25) is 0 Å². The van der Waals surface area contributed by atoms with Gasteiger partial charge in [-0.3, -0.25) is 0 Å². The fraction of sp³-hybridized carbons (Fsp3) is 0.900. The van der Waals surface area contributed by atoms with Crippen LogP contribution in [-0.4, -0.2) is 20.2 Å². The van der Waals surface area contributed by atoms with Crippen LogP contribution in [0.2, 0.25) is 0 Å². The third-order valence-electron chi connectivity index (χ3n) is 3.14. The zero-order valence-electron chi connectivity index (χ0n) is 9.28. The second kappa shape index (κ2) is 4.08. The molecule has 0 bridgehead atoms. The van der Waals surface area contributed by atoms with Crippen LogP contribution in [-0.2, 0) is 6.54 Å². The number of halogens is 1. The molecule has 1 atom stereocenters. The first-order valence-electron chi connectivity index (χ1n) is 5.57. The molecule has 1 heterocycles. The number of rotatable bonds is 5. The third-order valence-corrected chi connectivity index (χ3v) is 3.33. The van der Waals surface area contributed by atoms with Gasteiger partial charge in [-0.25, -0.2) is 4.68 Å². The van der Waals surface area contributed by atoms with E-state index in [0.717, 1.165) is 12.4 Å². The summed E-state index contributed by atoms with van der Waals surface area (Å²) in [4.78, 5) is 0. The smallest absolute Gasteiger partial charge is 0.168 e. The predicted molar refractivity (Wildman–Crippen MR) is 58.7 cm³/mol. The first kappa shape index (κ1) is 10.9. The summed E-state index contributed by atoms with van der Waals surface area (Å²) in [5.74, 6) is 0.791. The molecular weight excluding hydrogens is 212 g/mol. The van der Waals surface area contributed by atoms with E-state index >= 15 is 0 Å². The van der Waals surface area contributed by atoms with Gasteiger partial charge in [0.1, 0.15) is 0 Å². The fourth-order valence-corrected chi connectivity index (χ4v) is 2.28. The second-order valence-electron chi connectivity index (χ2n) is 4.56. The lowest BCUT2D eigenvalue weighted by molar-refractivity contribution is 0.356. The summed E-state index contributed by atoms with van der Waals surface area (Å²) < 4.78 is 1.88. The number of hydrogen-bond donors (Lipinski definition) is 0. The standard InChI is InChI=1S/C10H17ClN4/c1-3-4-10(5-6-10)7-15-9(8(2)11)12-13-14-15/h8H,3-7H2,1-2H3. The molecule has 2 rings (SSSR count). The Bertz CT molecular complexity index is 330. The monoisotopic (exact) mass is 228 g/mol. The second-order valence-corrected chi connectivity index (χ2v) is 5.22. The fourth-order valence-electron chi connectivity index (χ4n) is 2.12. The number of aromatic nitrogens is 4. The van der Waals surface area contributed by atoms with Crippen molar-refractivity contribution in [3.05, 3.63) is 5.82 Å². The Kier molecular flexibility index (Phi) is 2.96. The topological polar surface area (TPSA) is 43.6 Å². The zero-order valence-corrected chi connectivity index (χ0v) is 10.0. The first-order valence-corrected chi connectivity index (χ1v) is 6.01. The lowest BCUT2D eigenvalue weighted by atomic mass is 10.0. The van der Waals surface area contributed by atoms with Crippen LogP contribution >= 0.6 is 11.6 Å². The number of alkyl halides is 1. The maximum absolute atomic E-state index is 6.01. The molecule has 0 spiro atoms. The lowest BCUT2D eigenvalue weighted by Crippen LogP contribution is -2.15. The van der Waals surface area contributed by atoms with Gasteiger partial charge in [0.05, 0.1) is 11.9 Å². The summed E-state index contributed by atoms with van der Waals surface area (Å²) in [5, 5.41) is 11.6. The van der Waals surface area contributed by atoms with E-state index in [9.17, 15) is 0 Å². The highest BCUT2D eigenvalue weighted by atomic mass is 35.5. The Labute approximate surface area is 95.0 Å². The van der Waals surface area contributed by atoms with Gasteiger partial charge < -0.3 is 0 Å². The molecule has 1 unspecified atom stereocenters. The largest absolute Gasteiger partial charge is 0.228 e. The number of tetrazole rings is 1. The maximum atomic E-state index is 6.01. The summed E-state index contributed by atoms with van der Waals surface area (Å²) >= 11 is 6.01. The third kappa shape index (κ3) is 2.30. The average molecular weight is 229 g/mol. The Morgan fingerprint density at radius 3 is 2.80 bits per heavy atom. The van der Waals surface area contributed by atoms with Gasteiger partial charge >= 0.3 is 0 Å². The van der Waals surface area contributed by atoms with Crippen LogP contribution in [0, 0.1) is 5.41 Å². The van der Waals surface area contributed by atoms with Gasteiger partial charge in [0.15, 0.2) is 5.82 Å². The van der Waals surface area contributed by atoms with Crippen LogP contribution in [0.25, 0.3) is 0 Å². The van der Waals surface area contributed by atoms with Crippen molar-refractivity contribution in [1.82, 2.24) is 20.2 Å². The van der Waals surface area contributed by atoms with Gasteiger partial charge in [0, 0.05) is 0 Å². The van der Waals surface area contributed by atoms with Crippen LogP contribution in [0.15, 0.2) is 0 Å². The molecule has 4 nitrogen and oxygen atoms in total. The van der Waals surface area contributed by atoms with Gasteiger partial charge in [-0.1, -0.05) is 13.3 Å². The van der Waals surface area contributed by atoms with E-state index in [1.54, 1.807) is 0 Å². The van der Waals surface area contributed by atoms with E-state index in [1.807, 2.05) is 11.6 Å². The first-order chi connectivity index (χ1) is 7.17. The van der Waals surface area contributed by atoms with E-state index in [0.29, 0.717) is 5.41 Å². The van der Waals surface area contributed by atoms with Gasteiger partial charge in [-0.2, -0.15) is 0 Å². The van der Waals surface area contributed by atoms with E-state index in [4.69, 9.17) is 11.6 Å². The SMILES string of the molecule is CCCC1(Cn2nnnc2C(C)Cl)CC1. The summed E-state index contributed by atoms with van der Waals surface area (Å²) in [6.07, 6.45) is 5.10. The Balaban J connectivity index is 2.07. The van der Waals surface area contributed by atoms with E-state index in [-0.39, 0.29) is 5.38 Å². The molecule has 1 fully saturated rings. The van der Waals surface area contributed by atoms with Crippen molar-refractivity contribution in [3.63, 3.8) is 0 Å². The molecule has 1 aromatic heterocycles. The molecule has 5 heteroatoms. The van der Waals surface area contributed by atoms with Crippen molar-refractivity contribution in [2.75, 3.05) is 0 Å². The van der Waals surface area contributed by atoms with Crippen LogP contribution in [0.1, 0.15) is 50.7 Å². The molecule has 1 saturated carbocycles. The predicted octanol–water partition coefficient (Wildman–Crippen LogP) is 2.55. The molecule has 1 aliphatic rings. The minimum atomic E-state index is -0.113.